The molecular weight excluding hydrogens is 274 g/mol. The average Bonchev–Trinajstić information content (AvgIpc) is 2.93. The van der Waals surface area contributed by atoms with Gasteiger partial charge in [-0.2, -0.15) is 0 Å². The standard InChI is InChI=1S/C15H19NO5/c1-20-14(19)15(7-12(8-16-15)13(17)18)10-21-9-11-5-3-2-4-6-11/h2-6,12,16H,7-10H2,1H3,(H,17,18)/t12?,15-/m1/s1. The molecule has 1 fully saturated rings. The first-order chi connectivity index (χ1) is 10.1. The third-order valence-corrected chi connectivity index (χ3v) is 3.67. The third kappa shape index (κ3) is 3.59. The van der Waals surface area contributed by atoms with Gasteiger partial charge in [0.05, 0.1) is 26.2 Å². The number of hydrogen-bond acceptors (Lipinski definition) is 5. The number of methoxy groups -OCH3 is 1. The first kappa shape index (κ1) is 15.5. The Kier molecular flexibility index (Phi) is 4.93. The molecule has 2 atom stereocenters. The van der Waals surface area contributed by atoms with Gasteiger partial charge in [-0.3, -0.25) is 10.1 Å². The van der Waals surface area contributed by atoms with Crippen molar-refractivity contribution >= 4 is 11.9 Å². The van der Waals surface area contributed by atoms with Gasteiger partial charge in [0.25, 0.3) is 0 Å². The number of carboxylic acid groups (broad SMARTS) is 1. The van der Waals surface area contributed by atoms with Crippen molar-refractivity contribution in [3.63, 3.8) is 0 Å². The molecule has 1 aliphatic rings. The average molecular weight is 293 g/mol. The number of carboxylic acids is 1. The fourth-order valence-corrected chi connectivity index (χ4v) is 2.50. The quantitative estimate of drug-likeness (QED) is 0.755. The summed E-state index contributed by atoms with van der Waals surface area (Å²) in [6.45, 7) is 0.677. The Hall–Kier alpha value is -1.92. The van der Waals surface area contributed by atoms with E-state index >= 15 is 0 Å². The molecule has 1 heterocycles. The van der Waals surface area contributed by atoms with Crippen molar-refractivity contribution in [3.05, 3.63) is 35.9 Å². The van der Waals surface area contributed by atoms with E-state index in [1.165, 1.54) is 7.11 Å². The van der Waals surface area contributed by atoms with Crippen LogP contribution in [-0.4, -0.2) is 42.8 Å². The maximum absolute atomic E-state index is 12.0. The lowest BCUT2D eigenvalue weighted by atomic mass is 9.93. The van der Waals surface area contributed by atoms with Gasteiger partial charge in [0.2, 0.25) is 0 Å². The predicted molar refractivity (Wildman–Crippen MR) is 74.6 cm³/mol. The van der Waals surface area contributed by atoms with Crippen molar-refractivity contribution in [2.24, 2.45) is 5.92 Å². The summed E-state index contributed by atoms with van der Waals surface area (Å²) in [5.41, 5.74) is -0.0858. The molecule has 0 spiro atoms. The highest BCUT2D eigenvalue weighted by atomic mass is 16.5. The minimum absolute atomic E-state index is 0.0817. The van der Waals surface area contributed by atoms with Gasteiger partial charge < -0.3 is 14.6 Å². The molecule has 1 unspecified atom stereocenters. The second-order valence-electron chi connectivity index (χ2n) is 5.17. The van der Waals surface area contributed by atoms with Crippen molar-refractivity contribution in [2.75, 3.05) is 20.3 Å². The lowest BCUT2D eigenvalue weighted by Crippen LogP contribution is -2.52. The van der Waals surface area contributed by atoms with Gasteiger partial charge in [-0.05, 0) is 12.0 Å². The molecule has 0 bridgehead atoms. The van der Waals surface area contributed by atoms with Gasteiger partial charge in [-0.25, -0.2) is 4.79 Å². The largest absolute Gasteiger partial charge is 0.481 e. The lowest BCUT2D eigenvalue weighted by Gasteiger charge is -2.26. The summed E-state index contributed by atoms with van der Waals surface area (Å²) in [5, 5.41) is 12.0. The van der Waals surface area contributed by atoms with E-state index in [-0.39, 0.29) is 19.6 Å². The van der Waals surface area contributed by atoms with Crippen molar-refractivity contribution < 1.29 is 24.2 Å². The fraction of sp³-hybridized carbons (Fsp3) is 0.467. The van der Waals surface area contributed by atoms with E-state index in [1.54, 1.807) is 0 Å². The van der Waals surface area contributed by atoms with Crippen LogP contribution in [0.3, 0.4) is 0 Å². The van der Waals surface area contributed by atoms with Gasteiger partial charge in [-0.15, -0.1) is 0 Å². The molecule has 2 N–H and O–H groups in total. The van der Waals surface area contributed by atoms with Crippen LogP contribution < -0.4 is 5.32 Å². The third-order valence-electron chi connectivity index (χ3n) is 3.67. The van der Waals surface area contributed by atoms with Crippen LogP contribution in [0.2, 0.25) is 0 Å². The summed E-state index contributed by atoms with van der Waals surface area (Å²) in [4.78, 5) is 23.1. The Balaban J connectivity index is 1.98. The van der Waals surface area contributed by atoms with Crippen LogP contribution in [0.5, 0.6) is 0 Å². The van der Waals surface area contributed by atoms with Crippen LogP contribution in [0.15, 0.2) is 30.3 Å². The van der Waals surface area contributed by atoms with Gasteiger partial charge in [0.1, 0.15) is 5.54 Å². The second kappa shape index (κ2) is 6.69. The highest BCUT2D eigenvalue weighted by Gasteiger charge is 2.48. The molecule has 1 aromatic rings. The maximum atomic E-state index is 12.0. The SMILES string of the molecule is COC(=O)[C@]1(COCc2ccccc2)CC(C(=O)O)CN1. The predicted octanol–water partition coefficient (Wildman–Crippen LogP) is 0.809. The molecule has 6 nitrogen and oxygen atoms in total. The van der Waals surface area contributed by atoms with Crippen LogP contribution in [0.25, 0.3) is 0 Å². The van der Waals surface area contributed by atoms with Crippen molar-refractivity contribution in [1.82, 2.24) is 5.32 Å². The fourth-order valence-electron chi connectivity index (χ4n) is 2.50. The van der Waals surface area contributed by atoms with E-state index in [0.29, 0.717) is 6.61 Å². The summed E-state index contributed by atoms with van der Waals surface area (Å²) in [7, 11) is 1.29. The number of nitrogens with one attached hydrogen (secondary N) is 1. The Morgan fingerprint density at radius 3 is 2.67 bits per heavy atom. The zero-order chi connectivity index (χ0) is 15.3. The number of rotatable bonds is 6. The molecule has 6 heteroatoms. The van der Waals surface area contributed by atoms with E-state index in [0.717, 1.165) is 5.56 Å². The molecule has 2 rings (SSSR count). The molecule has 0 aromatic heterocycles. The molecule has 21 heavy (non-hydrogen) atoms. The van der Waals surface area contributed by atoms with Crippen LogP contribution in [0, 0.1) is 5.92 Å². The Morgan fingerprint density at radius 1 is 1.38 bits per heavy atom. The van der Waals surface area contributed by atoms with E-state index in [2.05, 4.69) is 5.32 Å². The number of aliphatic carboxylic acids is 1. The van der Waals surface area contributed by atoms with Crippen LogP contribution >= 0.6 is 0 Å². The van der Waals surface area contributed by atoms with E-state index in [1.807, 2.05) is 30.3 Å². The number of carbonyl (C=O) groups excluding carboxylic acids is 1. The van der Waals surface area contributed by atoms with Crippen molar-refractivity contribution in [2.45, 2.75) is 18.6 Å². The zero-order valence-electron chi connectivity index (χ0n) is 11.9. The molecule has 114 valence electrons. The minimum Gasteiger partial charge on any atom is -0.481 e. The second-order valence-corrected chi connectivity index (χ2v) is 5.17. The van der Waals surface area contributed by atoms with E-state index in [9.17, 15) is 9.59 Å². The number of esters is 1. The summed E-state index contributed by atoms with van der Waals surface area (Å²) in [6.07, 6.45) is 0.170. The van der Waals surface area contributed by atoms with Crippen LogP contribution in [0.4, 0.5) is 0 Å². The molecule has 1 aliphatic heterocycles. The molecule has 0 saturated carbocycles. The highest BCUT2D eigenvalue weighted by Crippen LogP contribution is 2.26. The van der Waals surface area contributed by atoms with Gasteiger partial charge in [0, 0.05) is 6.54 Å². The van der Waals surface area contributed by atoms with Crippen molar-refractivity contribution in [3.8, 4) is 0 Å². The molecular formula is C15H19NO5. The number of ether oxygens (including phenoxy) is 2. The number of carbonyl (C=O) groups is 2. The monoisotopic (exact) mass is 293 g/mol. The minimum atomic E-state index is -1.08. The normalized spacial score (nSPS) is 24.7. The summed E-state index contributed by atoms with van der Waals surface area (Å²) in [5.74, 6) is -2.01. The smallest absolute Gasteiger partial charge is 0.328 e. The van der Waals surface area contributed by atoms with Crippen LogP contribution in [0.1, 0.15) is 12.0 Å². The molecule has 1 saturated heterocycles. The lowest BCUT2D eigenvalue weighted by molar-refractivity contribution is -0.151. The Morgan fingerprint density at radius 2 is 2.10 bits per heavy atom. The van der Waals surface area contributed by atoms with Gasteiger partial charge in [-0.1, -0.05) is 30.3 Å². The summed E-state index contributed by atoms with van der Waals surface area (Å²) >= 11 is 0. The van der Waals surface area contributed by atoms with Crippen molar-refractivity contribution in [1.29, 1.82) is 0 Å². The topological polar surface area (TPSA) is 84.9 Å². The first-order valence-corrected chi connectivity index (χ1v) is 6.75. The Labute approximate surface area is 123 Å². The highest BCUT2D eigenvalue weighted by molar-refractivity contribution is 5.83. The van der Waals surface area contributed by atoms with E-state index < -0.39 is 23.4 Å². The Bertz CT molecular complexity index is 504. The molecule has 0 amide bonds. The first-order valence-electron chi connectivity index (χ1n) is 6.75. The maximum Gasteiger partial charge on any atom is 0.328 e. The summed E-state index contributed by atoms with van der Waals surface area (Å²) in [6, 6.07) is 9.57. The van der Waals surface area contributed by atoms with E-state index in [4.69, 9.17) is 14.6 Å². The molecule has 0 radical (unpaired) electrons. The molecule has 0 aliphatic carbocycles. The number of hydrogen-bond donors (Lipinski definition) is 2. The number of benzene rings is 1. The van der Waals surface area contributed by atoms with Gasteiger partial charge in [0.15, 0.2) is 0 Å². The van der Waals surface area contributed by atoms with Crippen LogP contribution in [-0.2, 0) is 25.7 Å². The van der Waals surface area contributed by atoms with Gasteiger partial charge >= 0.3 is 11.9 Å². The molecule has 1 aromatic carbocycles. The summed E-state index contributed by atoms with van der Waals surface area (Å²) < 4.78 is 10.4. The zero-order valence-corrected chi connectivity index (χ0v) is 11.9.